The van der Waals surface area contributed by atoms with E-state index in [2.05, 4.69) is 65.0 Å². The quantitative estimate of drug-likeness (QED) is 0.520. The van der Waals surface area contributed by atoms with E-state index >= 15 is 0 Å². The lowest BCUT2D eigenvalue weighted by Gasteiger charge is -2.50. The lowest BCUT2D eigenvalue weighted by molar-refractivity contribution is 0.114. The van der Waals surface area contributed by atoms with Gasteiger partial charge in [0.25, 0.3) is 0 Å². The molecule has 0 aliphatic heterocycles. The summed E-state index contributed by atoms with van der Waals surface area (Å²) in [4.78, 5) is 0. The van der Waals surface area contributed by atoms with Crippen LogP contribution in [0.15, 0.2) is 47.1 Å². The van der Waals surface area contributed by atoms with Crippen molar-refractivity contribution >= 4 is 0 Å². The van der Waals surface area contributed by atoms with Crippen LogP contribution in [0.5, 0.6) is 0 Å². The first-order valence-corrected chi connectivity index (χ1v) is 11.7. The second kappa shape index (κ2) is 7.31. The fourth-order valence-corrected chi connectivity index (χ4v) is 6.96. The lowest BCUT2D eigenvalue weighted by Crippen LogP contribution is -2.41. The SMILES string of the molecule is CC(C)CC=CC(C)C1CCC2C3=CC=C4CC(O)CCC4(C)C3=CCC21C. The summed E-state index contributed by atoms with van der Waals surface area (Å²) in [6.45, 7) is 12.1. The number of hydrogen-bond acceptors (Lipinski definition) is 1. The minimum Gasteiger partial charge on any atom is -0.393 e. The fourth-order valence-electron chi connectivity index (χ4n) is 6.96. The highest BCUT2D eigenvalue weighted by Crippen LogP contribution is 2.63. The molecule has 2 fully saturated rings. The van der Waals surface area contributed by atoms with E-state index in [1.54, 1.807) is 11.1 Å². The van der Waals surface area contributed by atoms with Gasteiger partial charge in [-0.3, -0.25) is 0 Å². The normalized spacial score (nSPS) is 41.1. The van der Waals surface area contributed by atoms with Crippen LogP contribution >= 0.6 is 0 Å². The molecule has 4 aliphatic carbocycles. The van der Waals surface area contributed by atoms with Gasteiger partial charge in [-0.05, 0) is 85.2 Å². The van der Waals surface area contributed by atoms with E-state index in [1.807, 2.05) is 0 Å². The molecule has 154 valence electrons. The highest BCUT2D eigenvalue weighted by atomic mass is 16.3. The van der Waals surface area contributed by atoms with E-state index in [-0.39, 0.29) is 11.5 Å². The summed E-state index contributed by atoms with van der Waals surface area (Å²) >= 11 is 0. The van der Waals surface area contributed by atoms with Crippen molar-refractivity contribution in [3.63, 3.8) is 0 Å². The van der Waals surface area contributed by atoms with Gasteiger partial charge in [-0.25, -0.2) is 0 Å². The first-order chi connectivity index (χ1) is 13.3. The summed E-state index contributed by atoms with van der Waals surface area (Å²) in [5.74, 6) is 2.91. The van der Waals surface area contributed by atoms with E-state index in [4.69, 9.17) is 0 Å². The van der Waals surface area contributed by atoms with Crippen molar-refractivity contribution in [3.05, 3.63) is 47.1 Å². The van der Waals surface area contributed by atoms with Gasteiger partial charge < -0.3 is 5.11 Å². The maximum atomic E-state index is 10.2. The Balaban J connectivity index is 1.61. The van der Waals surface area contributed by atoms with Crippen LogP contribution in [0, 0.1) is 34.5 Å². The van der Waals surface area contributed by atoms with Crippen LogP contribution in [0.2, 0.25) is 0 Å². The standard InChI is InChI=1S/C27H40O/c1-18(2)7-6-8-19(3)23-11-12-24-22-10-9-20-17-21(28)13-15-26(20,4)25(22)14-16-27(23,24)5/h6,8-10,14,18-19,21,23-24,28H,7,11-13,15-17H2,1-5H3. The Hall–Kier alpha value is -1.08. The smallest absolute Gasteiger partial charge is 0.0578 e. The van der Waals surface area contributed by atoms with Crippen molar-refractivity contribution in [2.75, 3.05) is 0 Å². The minimum absolute atomic E-state index is 0.141. The maximum Gasteiger partial charge on any atom is 0.0578 e. The lowest BCUT2D eigenvalue weighted by atomic mass is 9.54. The third kappa shape index (κ3) is 3.18. The zero-order valence-corrected chi connectivity index (χ0v) is 18.7. The molecule has 1 N–H and O–H groups in total. The first kappa shape index (κ1) is 20.2. The van der Waals surface area contributed by atoms with Gasteiger partial charge >= 0.3 is 0 Å². The van der Waals surface area contributed by atoms with E-state index < -0.39 is 0 Å². The van der Waals surface area contributed by atoms with Crippen molar-refractivity contribution in [3.8, 4) is 0 Å². The van der Waals surface area contributed by atoms with Crippen LogP contribution in [0.3, 0.4) is 0 Å². The molecule has 0 heterocycles. The summed E-state index contributed by atoms with van der Waals surface area (Å²) in [6, 6.07) is 0. The number of hydrogen-bond donors (Lipinski definition) is 1. The van der Waals surface area contributed by atoms with Crippen LogP contribution in [-0.2, 0) is 0 Å². The zero-order chi connectivity index (χ0) is 20.1. The fraction of sp³-hybridized carbons (Fsp3) is 0.704. The van der Waals surface area contributed by atoms with Crippen LogP contribution in [0.1, 0.15) is 79.6 Å². The Bertz CT molecular complexity index is 735. The highest BCUT2D eigenvalue weighted by Gasteiger charge is 2.53. The molecule has 0 amide bonds. The molecule has 2 saturated carbocycles. The van der Waals surface area contributed by atoms with Crippen LogP contribution in [0.25, 0.3) is 0 Å². The molecule has 4 rings (SSSR count). The summed E-state index contributed by atoms with van der Waals surface area (Å²) in [5, 5.41) is 10.2. The van der Waals surface area contributed by atoms with Crippen molar-refractivity contribution in [1.82, 2.24) is 0 Å². The number of aliphatic hydroxyl groups is 1. The van der Waals surface area contributed by atoms with Gasteiger partial charge in [0, 0.05) is 5.41 Å². The van der Waals surface area contributed by atoms with Crippen LogP contribution in [-0.4, -0.2) is 11.2 Å². The highest BCUT2D eigenvalue weighted by molar-refractivity contribution is 5.53. The molecular weight excluding hydrogens is 340 g/mol. The summed E-state index contributed by atoms with van der Waals surface area (Å²) in [6.07, 6.45) is 20.2. The van der Waals surface area contributed by atoms with E-state index in [1.165, 1.54) is 31.3 Å². The summed E-state index contributed by atoms with van der Waals surface area (Å²) in [5.41, 5.74) is 5.28. The monoisotopic (exact) mass is 380 g/mol. The average Bonchev–Trinajstić information content (AvgIpc) is 2.99. The van der Waals surface area contributed by atoms with Crippen molar-refractivity contribution in [2.24, 2.45) is 34.5 Å². The predicted molar refractivity (Wildman–Crippen MR) is 119 cm³/mol. The van der Waals surface area contributed by atoms with Gasteiger partial charge in [-0.1, -0.05) is 70.6 Å². The number of aliphatic hydroxyl groups excluding tert-OH is 1. The Labute approximate surface area is 172 Å². The first-order valence-electron chi connectivity index (χ1n) is 11.7. The van der Waals surface area contributed by atoms with Gasteiger partial charge in [-0.2, -0.15) is 0 Å². The molecular formula is C27H40O. The molecule has 1 nitrogen and oxygen atoms in total. The molecule has 1 heteroatoms. The largest absolute Gasteiger partial charge is 0.393 e. The second-order valence-corrected chi connectivity index (χ2v) is 11.0. The van der Waals surface area contributed by atoms with Crippen LogP contribution in [0.4, 0.5) is 0 Å². The number of allylic oxidation sites excluding steroid dienone is 7. The van der Waals surface area contributed by atoms with Crippen molar-refractivity contribution < 1.29 is 5.11 Å². The van der Waals surface area contributed by atoms with E-state index in [0.717, 1.165) is 31.1 Å². The molecule has 0 radical (unpaired) electrons. The topological polar surface area (TPSA) is 20.2 Å². The molecule has 0 aromatic heterocycles. The Morgan fingerprint density at radius 2 is 1.93 bits per heavy atom. The molecule has 0 saturated heterocycles. The summed E-state index contributed by atoms with van der Waals surface area (Å²) in [7, 11) is 0. The molecule has 0 aromatic carbocycles. The van der Waals surface area contributed by atoms with Gasteiger partial charge in [-0.15, -0.1) is 0 Å². The molecule has 0 bridgehead atoms. The third-order valence-electron chi connectivity index (χ3n) is 8.72. The zero-order valence-electron chi connectivity index (χ0n) is 18.7. The van der Waals surface area contributed by atoms with E-state index in [0.29, 0.717) is 17.3 Å². The predicted octanol–water partition coefficient (Wildman–Crippen LogP) is 7.00. The maximum absolute atomic E-state index is 10.2. The third-order valence-corrected chi connectivity index (χ3v) is 8.72. The Morgan fingerprint density at radius 1 is 1.14 bits per heavy atom. The van der Waals surface area contributed by atoms with Crippen molar-refractivity contribution in [2.45, 2.75) is 85.7 Å². The number of rotatable bonds is 4. The Kier molecular flexibility index (Phi) is 5.28. The average molecular weight is 381 g/mol. The minimum atomic E-state index is -0.141. The Morgan fingerprint density at radius 3 is 2.68 bits per heavy atom. The van der Waals surface area contributed by atoms with Gasteiger partial charge in [0.1, 0.15) is 0 Å². The molecule has 6 atom stereocenters. The van der Waals surface area contributed by atoms with Gasteiger partial charge in [0.05, 0.1) is 6.10 Å². The molecule has 28 heavy (non-hydrogen) atoms. The molecule has 0 spiro atoms. The van der Waals surface area contributed by atoms with E-state index in [9.17, 15) is 5.11 Å². The van der Waals surface area contributed by atoms with Crippen molar-refractivity contribution in [1.29, 1.82) is 0 Å². The van der Waals surface area contributed by atoms with Crippen LogP contribution < -0.4 is 0 Å². The molecule has 0 aromatic rings. The molecule has 4 aliphatic rings. The molecule has 6 unspecified atom stereocenters. The summed E-state index contributed by atoms with van der Waals surface area (Å²) < 4.78 is 0. The van der Waals surface area contributed by atoms with Gasteiger partial charge in [0.15, 0.2) is 0 Å². The number of fused-ring (bicyclic) bond motifs is 5. The second-order valence-electron chi connectivity index (χ2n) is 11.0. The van der Waals surface area contributed by atoms with Gasteiger partial charge in [0.2, 0.25) is 0 Å².